The molecule has 0 saturated heterocycles. The molecule has 1 aromatic heterocycles. The molecule has 0 aliphatic heterocycles. The smallest absolute Gasteiger partial charge is 0.337 e. The summed E-state index contributed by atoms with van der Waals surface area (Å²) in [6, 6.07) is 14.4. The molecule has 0 atom stereocenters. The minimum atomic E-state index is -4.64. The number of aromatic carboxylic acids is 1. The first-order valence-electron chi connectivity index (χ1n) is 11.2. The van der Waals surface area contributed by atoms with E-state index in [1.165, 1.54) is 0 Å². The van der Waals surface area contributed by atoms with Crippen molar-refractivity contribution in [3.05, 3.63) is 87.9 Å². The Bertz CT molecular complexity index is 1780. The Kier molecular flexibility index (Phi) is 8.73. The predicted octanol–water partition coefficient (Wildman–Crippen LogP) is 5.44. The Morgan fingerprint density at radius 1 is 0.951 bits per heavy atom. The molecule has 4 rings (SSSR count). The van der Waals surface area contributed by atoms with Crippen molar-refractivity contribution in [2.45, 2.75) is 11.8 Å². The largest absolute Gasteiger partial charge is 0.504 e. The Morgan fingerprint density at radius 2 is 1.61 bits per heavy atom. The van der Waals surface area contributed by atoms with Crippen LogP contribution in [0.2, 0.25) is 10.6 Å². The van der Waals surface area contributed by atoms with E-state index >= 15 is 0 Å². The van der Waals surface area contributed by atoms with Gasteiger partial charge in [0, 0.05) is 5.56 Å². The van der Waals surface area contributed by atoms with Gasteiger partial charge in [0.05, 0.1) is 16.1 Å². The number of nitrogens with zero attached hydrogens (tertiary/aromatic N) is 6. The average molecular weight is 617 g/mol. The van der Waals surface area contributed by atoms with Crippen molar-refractivity contribution in [1.29, 1.82) is 0 Å². The highest BCUT2D eigenvalue weighted by Gasteiger charge is 2.17. The van der Waals surface area contributed by atoms with E-state index in [4.69, 9.17) is 23.2 Å². The Labute approximate surface area is 242 Å². The number of carboxylic acids is 1. The van der Waals surface area contributed by atoms with Crippen molar-refractivity contribution >= 4 is 68.1 Å². The van der Waals surface area contributed by atoms with Gasteiger partial charge in [0.2, 0.25) is 22.4 Å². The second-order valence-corrected chi connectivity index (χ2v) is 10.2. The Morgan fingerprint density at radius 3 is 2.24 bits per heavy atom. The number of anilines is 3. The van der Waals surface area contributed by atoms with E-state index in [0.29, 0.717) is 11.1 Å². The highest BCUT2D eigenvalue weighted by molar-refractivity contribution is 7.85. The summed E-state index contributed by atoms with van der Waals surface area (Å²) in [5.41, 5.74) is 3.40. The number of carbonyl (C=O) groups is 1. The zero-order valence-electron chi connectivity index (χ0n) is 20.7. The molecule has 17 heteroatoms. The highest BCUT2D eigenvalue weighted by Crippen LogP contribution is 2.35. The lowest BCUT2D eigenvalue weighted by molar-refractivity contribution is 0.0697. The third kappa shape index (κ3) is 7.49. The number of aromatic nitrogens is 3. The molecule has 5 N–H and O–H groups in total. The third-order valence-electron chi connectivity index (χ3n) is 5.15. The maximum Gasteiger partial charge on any atom is 0.337 e. The number of phenolic OH excluding ortho intramolecular Hbond substituents is 1. The fourth-order valence-electron chi connectivity index (χ4n) is 3.34. The SMILES string of the molecule is Cc1cc(NN=C(N=Nc2cc(S(=O)(=O)O)ccc2C(=O)O)c2ccccc2)c(O)c(Nc2nc(Cl)nc(Cl)n2)c1. The minimum absolute atomic E-state index is 0.0227. The van der Waals surface area contributed by atoms with Crippen LogP contribution in [-0.2, 0) is 10.1 Å². The summed E-state index contributed by atoms with van der Waals surface area (Å²) in [6.07, 6.45) is 0. The first-order chi connectivity index (χ1) is 19.4. The van der Waals surface area contributed by atoms with E-state index in [9.17, 15) is 28.0 Å². The van der Waals surface area contributed by atoms with Gasteiger partial charge in [0.15, 0.2) is 5.75 Å². The number of amidine groups is 1. The van der Waals surface area contributed by atoms with Crippen LogP contribution in [0.25, 0.3) is 0 Å². The van der Waals surface area contributed by atoms with Crippen molar-refractivity contribution in [3.8, 4) is 5.75 Å². The van der Waals surface area contributed by atoms with Gasteiger partial charge in [-0.2, -0.15) is 28.5 Å². The number of azo groups is 1. The molecule has 0 spiro atoms. The molecule has 3 aromatic carbocycles. The summed E-state index contributed by atoms with van der Waals surface area (Å²) in [5, 5.41) is 35.0. The van der Waals surface area contributed by atoms with Gasteiger partial charge in [-0.1, -0.05) is 30.3 Å². The van der Waals surface area contributed by atoms with E-state index in [1.807, 2.05) is 0 Å². The lowest BCUT2D eigenvalue weighted by atomic mass is 10.1. The standard InChI is InChI=1S/C24H18Cl2N8O6S/c1-12-9-17(27-24-29-22(25)28-23(26)30-24)19(35)18(10-12)32-34-20(13-5-3-2-4-6-13)33-31-16-11-14(41(38,39)40)7-8-15(16)21(36)37/h2-11,32,35H,1H3,(H,36,37)(H,38,39,40)(H,27,28,29,30). The lowest BCUT2D eigenvalue weighted by Gasteiger charge is -2.12. The zero-order valence-corrected chi connectivity index (χ0v) is 23.0. The Balaban J connectivity index is 1.73. The quantitative estimate of drug-likeness (QED) is 0.0419. The highest BCUT2D eigenvalue weighted by atomic mass is 35.5. The minimum Gasteiger partial charge on any atom is -0.504 e. The molecule has 0 fully saturated rings. The van der Waals surface area contributed by atoms with Crippen LogP contribution in [0.5, 0.6) is 5.75 Å². The van der Waals surface area contributed by atoms with Crippen LogP contribution in [0.4, 0.5) is 23.0 Å². The number of nitrogens with one attached hydrogen (secondary N) is 2. The normalized spacial score (nSPS) is 12.0. The van der Waals surface area contributed by atoms with Crippen LogP contribution in [-0.4, -0.2) is 49.9 Å². The van der Waals surface area contributed by atoms with Crippen LogP contribution in [0, 0.1) is 6.92 Å². The number of hydrogen-bond donors (Lipinski definition) is 5. The van der Waals surface area contributed by atoms with Gasteiger partial charge in [-0.3, -0.25) is 9.98 Å². The molecule has 0 radical (unpaired) electrons. The van der Waals surface area contributed by atoms with Crippen LogP contribution in [0.3, 0.4) is 0 Å². The fourth-order valence-corrected chi connectivity index (χ4v) is 4.21. The Hall–Kier alpha value is -4.70. The lowest BCUT2D eigenvalue weighted by Crippen LogP contribution is -2.04. The van der Waals surface area contributed by atoms with Crippen LogP contribution >= 0.6 is 23.2 Å². The van der Waals surface area contributed by atoms with E-state index < -0.39 is 21.0 Å². The number of halogens is 2. The fraction of sp³-hybridized carbons (Fsp3) is 0.0417. The first kappa shape index (κ1) is 29.3. The summed E-state index contributed by atoms with van der Waals surface area (Å²) in [5.74, 6) is -1.77. The molecule has 4 aromatic rings. The van der Waals surface area contributed by atoms with E-state index in [0.717, 1.165) is 18.2 Å². The molecule has 1 heterocycles. The van der Waals surface area contributed by atoms with Crippen molar-refractivity contribution < 1.29 is 28.0 Å². The molecule has 0 amide bonds. The van der Waals surface area contributed by atoms with Gasteiger partial charge < -0.3 is 15.5 Å². The maximum absolute atomic E-state index is 11.7. The number of benzene rings is 3. The molecule has 0 aliphatic carbocycles. The predicted molar refractivity (Wildman–Crippen MR) is 150 cm³/mol. The number of hydrazone groups is 1. The zero-order chi connectivity index (χ0) is 29.7. The molecule has 14 nitrogen and oxygen atoms in total. The van der Waals surface area contributed by atoms with Gasteiger partial charge in [-0.05, 0) is 66.0 Å². The second kappa shape index (κ2) is 12.2. The molecule has 210 valence electrons. The average Bonchev–Trinajstić information content (AvgIpc) is 2.90. The van der Waals surface area contributed by atoms with Crippen LogP contribution in [0.15, 0.2) is 80.9 Å². The van der Waals surface area contributed by atoms with Crippen molar-refractivity contribution in [3.63, 3.8) is 0 Å². The summed E-state index contributed by atoms with van der Waals surface area (Å²) >= 11 is 11.6. The van der Waals surface area contributed by atoms with Gasteiger partial charge in [-0.25, -0.2) is 4.79 Å². The monoisotopic (exact) mass is 616 g/mol. The van der Waals surface area contributed by atoms with Crippen LogP contribution in [0.1, 0.15) is 21.5 Å². The number of phenols is 1. The van der Waals surface area contributed by atoms with Gasteiger partial charge in [0.25, 0.3) is 10.1 Å². The summed E-state index contributed by atoms with van der Waals surface area (Å²) in [4.78, 5) is 22.6. The maximum atomic E-state index is 11.7. The first-order valence-corrected chi connectivity index (χ1v) is 13.4. The second-order valence-electron chi connectivity index (χ2n) is 8.10. The topological polar surface area (TPSA) is 212 Å². The van der Waals surface area contributed by atoms with Gasteiger partial charge >= 0.3 is 5.97 Å². The third-order valence-corrected chi connectivity index (χ3v) is 6.33. The molecular weight excluding hydrogens is 599 g/mol. The number of aromatic hydroxyl groups is 1. The number of hydrogen-bond acceptors (Lipinski definition) is 11. The van der Waals surface area contributed by atoms with E-state index in [1.54, 1.807) is 49.4 Å². The summed E-state index contributed by atoms with van der Waals surface area (Å²) in [7, 11) is -4.64. The number of aryl methyl sites for hydroxylation is 1. The van der Waals surface area contributed by atoms with Gasteiger partial charge in [0.1, 0.15) is 11.4 Å². The van der Waals surface area contributed by atoms with Crippen molar-refractivity contribution in [2.24, 2.45) is 15.3 Å². The van der Waals surface area contributed by atoms with Crippen molar-refractivity contribution in [2.75, 3.05) is 10.7 Å². The number of rotatable bonds is 8. The molecular formula is C24H18Cl2N8O6S. The summed E-state index contributed by atoms with van der Waals surface area (Å²) in [6.45, 7) is 1.75. The molecule has 0 saturated carbocycles. The number of carboxylic acid groups (broad SMARTS) is 1. The van der Waals surface area contributed by atoms with E-state index in [2.05, 4.69) is 41.0 Å². The van der Waals surface area contributed by atoms with Gasteiger partial charge in [-0.15, -0.1) is 10.2 Å². The molecule has 0 aliphatic rings. The van der Waals surface area contributed by atoms with Crippen molar-refractivity contribution in [1.82, 2.24) is 15.0 Å². The van der Waals surface area contributed by atoms with Crippen LogP contribution < -0.4 is 10.7 Å². The molecule has 41 heavy (non-hydrogen) atoms. The molecule has 0 unspecified atom stereocenters. The summed E-state index contributed by atoms with van der Waals surface area (Å²) < 4.78 is 32.5. The molecule has 0 bridgehead atoms. The van der Waals surface area contributed by atoms with E-state index in [-0.39, 0.29) is 50.7 Å².